The Morgan fingerprint density at radius 2 is 1.80 bits per heavy atom. The summed E-state index contributed by atoms with van der Waals surface area (Å²) in [6.07, 6.45) is 0.723. The van der Waals surface area contributed by atoms with Gasteiger partial charge in [0.05, 0.1) is 16.0 Å². The van der Waals surface area contributed by atoms with Crippen LogP contribution in [0.25, 0.3) is 0 Å². The summed E-state index contributed by atoms with van der Waals surface area (Å²) in [5.74, 6) is -0.909. The molecular weight excluding hydrogens is 377 g/mol. The minimum Gasteiger partial charge on any atom is -0.478 e. The van der Waals surface area contributed by atoms with Crippen LogP contribution >= 0.6 is 35.1 Å². The molecule has 0 radical (unpaired) electrons. The molecule has 2 aromatic rings. The number of carboxylic acid groups (broad SMARTS) is 1. The molecule has 130 valence electrons. The van der Waals surface area contributed by atoms with Crippen LogP contribution < -0.4 is 0 Å². The highest BCUT2D eigenvalue weighted by atomic mass is 35.5. The van der Waals surface area contributed by atoms with Gasteiger partial charge in [-0.2, -0.15) is 0 Å². The molecule has 0 bridgehead atoms. The van der Waals surface area contributed by atoms with Crippen LogP contribution in [0.15, 0.2) is 34.7 Å². The molecule has 1 aliphatic heterocycles. The second-order valence-corrected chi connectivity index (χ2v) is 8.55. The van der Waals surface area contributed by atoms with Crippen molar-refractivity contribution in [3.05, 3.63) is 68.2 Å². The lowest BCUT2D eigenvalue weighted by molar-refractivity contribution is 0.0696. The van der Waals surface area contributed by atoms with E-state index in [1.54, 1.807) is 12.1 Å². The third-order valence-corrected chi connectivity index (χ3v) is 6.19. The van der Waals surface area contributed by atoms with E-state index in [1.165, 1.54) is 11.9 Å². The highest BCUT2D eigenvalue weighted by Gasteiger charge is 2.36. The largest absolute Gasteiger partial charge is 0.478 e. The molecular formula is C19H17Cl2NO2S. The van der Waals surface area contributed by atoms with Crippen molar-refractivity contribution in [1.29, 1.82) is 0 Å². The fourth-order valence-corrected chi connectivity index (χ4v) is 4.49. The highest BCUT2D eigenvalue weighted by Crippen LogP contribution is 2.47. The third-order valence-electron chi connectivity index (χ3n) is 4.66. The van der Waals surface area contributed by atoms with Gasteiger partial charge < -0.3 is 5.11 Å². The Morgan fingerprint density at radius 1 is 1.16 bits per heavy atom. The van der Waals surface area contributed by atoms with Gasteiger partial charge in [0.1, 0.15) is 0 Å². The minimum absolute atomic E-state index is 0.254. The molecule has 1 N–H and O–H groups in total. The van der Waals surface area contributed by atoms with Crippen molar-refractivity contribution in [2.24, 2.45) is 4.40 Å². The lowest BCUT2D eigenvalue weighted by Crippen LogP contribution is -2.18. The molecule has 0 amide bonds. The van der Waals surface area contributed by atoms with Crippen molar-refractivity contribution >= 4 is 46.8 Å². The summed E-state index contributed by atoms with van der Waals surface area (Å²) in [4.78, 5) is 11.3. The average Bonchev–Trinajstić information content (AvgIpc) is 2.92. The molecule has 1 atom stereocenters. The van der Waals surface area contributed by atoms with Gasteiger partial charge in [-0.05, 0) is 79.2 Å². The number of benzene rings is 2. The maximum Gasteiger partial charge on any atom is 0.335 e. The smallest absolute Gasteiger partial charge is 0.335 e. The molecule has 0 saturated heterocycles. The van der Waals surface area contributed by atoms with Gasteiger partial charge >= 0.3 is 5.97 Å². The van der Waals surface area contributed by atoms with Crippen LogP contribution in [0.1, 0.15) is 46.0 Å². The summed E-state index contributed by atoms with van der Waals surface area (Å²) in [6, 6.07) is 9.06. The summed E-state index contributed by atoms with van der Waals surface area (Å²) in [5, 5.41) is 10.5. The highest BCUT2D eigenvalue weighted by molar-refractivity contribution is 7.99. The molecule has 1 unspecified atom stereocenters. The Labute approximate surface area is 161 Å². The average molecular weight is 394 g/mol. The first-order chi connectivity index (χ1) is 11.7. The Morgan fingerprint density at radius 3 is 2.40 bits per heavy atom. The zero-order chi connectivity index (χ0) is 18.4. The summed E-state index contributed by atoms with van der Waals surface area (Å²) >= 11 is 13.8. The fourth-order valence-electron chi connectivity index (χ4n) is 3.06. The predicted molar refractivity (Wildman–Crippen MR) is 105 cm³/mol. The summed E-state index contributed by atoms with van der Waals surface area (Å²) in [5.41, 5.74) is 5.04. The van der Waals surface area contributed by atoms with E-state index in [0.29, 0.717) is 15.6 Å². The zero-order valence-electron chi connectivity index (χ0n) is 14.1. The van der Waals surface area contributed by atoms with Crippen molar-refractivity contribution in [2.75, 3.05) is 0 Å². The first-order valence-corrected chi connectivity index (χ1v) is 9.30. The normalized spacial score (nSPS) is 19.8. The van der Waals surface area contributed by atoms with E-state index in [0.717, 1.165) is 34.4 Å². The van der Waals surface area contributed by atoms with Crippen LogP contribution in [-0.4, -0.2) is 16.8 Å². The van der Waals surface area contributed by atoms with E-state index in [4.69, 9.17) is 23.2 Å². The van der Waals surface area contributed by atoms with Gasteiger partial charge in [0, 0.05) is 16.5 Å². The van der Waals surface area contributed by atoms with Crippen molar-refractivity contribution < 1.29 is 9.90 Å². The summed E-state index contributed by atoms with van der Waals surface area (Å²) in [6.45, 7) is 5.89. The van der Waals surface area contributed by atoms with Crippen LogP contribution in [-0.2, 0) is 4.75 Å². The minimum atomic E-state index is -0.909. The second kappa shape index (κ2) is 6.67. The maximum absolute atomic E-state index is 11.3. The molecule has 6 heteroatoms. The molecule has 0 aromatic heterocycles. The molecule has 25 heavy (non-hydrogen) atoms. The van der Waals surface area contributed by atoms with Crippen LogP contribution in [0, 0.1) is 13.8 Å². The van der Waals surface area contributed by atoms with Gasteiger partial charge in [-0.25, -0.2) is 9.19 Å². The number of halogens is 2. The van der Waals surface area contributed by atoms with Gasteiger partial charge in [0.15, 0.2) is 0 Å². The molecule has 3 rings (SSSR count). The molecule has 1 heterocycles. The Kier molecular flexibility index (Phi) is 4.89. The van der Waals surface area contributed by atoms with Crippen LogP contribution in [0.4, 0.5) is 0 Å². The molecule has 1 aliphatic rings. The molecule has 0 fully saturated rings. The van der Waals surface area contributed by atoms with E-state index in [2.05, 4.69) is 11.3 Å². The quantitative estimate of drug-likeness (QED) is 0.644. The first kappa shape index (κ1) is 18.3. The number of aromatic carboxylic acids is 1. The van der Waals surface area contributed by atoms with Crippen LogP contribution in [0.5, 0.6) is 0 Å². The van der Waals surface area contributed by atoms with Crippen molar-refractivity contribution in [1.82, 2.24) is 0 Å². The summed E-state index contributed by atoms with van der Waals surface area (Å²) in [7, 11) is 0. The van der Waals surface area contributed by atoms with E-state index in [9.17, 15) is 9.90 Å². The number of rotatable bonds is 3. The Balaban J connectivity index is 1.95. The fraction of sp³-hybridized carbons (Fsp3) is 0.263. The molecule has 0 spiro atoms. The lowest BCUT2D eigenvalue weighted by Gasteiger charge is -2.23. The van der Waals surface area contributed by atoms with Crippen LogP contribution in [0.2, 0.25) is 10.0 Å². The van der Waals surface area contributed by atoms with Crippen molar-refractivity contribution in [3.8, 4) is 0 Å². The topological polar surface area (TPSA) is 49.7 Å². The van der Waals surface area contributed by atoms with Gasteiger partial charge in [0.2, 0.25) is 0 Å². The second-order valence-electron chi connectivity index (χ2n) is 6.41. The maximum atomic E-state index is 11.3. The monoisotopic (exact) mass is 393 g/mol. The van der Waals surface area contributed by atoms with E-state index < -0.39 is 5.97 Å². The molecule has 0 aliphatic carbocycles. The van der Waals surface area contributed by atoms with E-state index >= 15 is 0 Å². The first-order valence-electron chi connectivity index (χ1n) is 7.77. The van der Waals surface area contributed by atoms with Gasteiger partial charge in [-0.15, -0.1) is 0 Å². The number of nitrogens with zero attached hydrogens (tertiary/aromatic N) is 1. The van der Waals surface area contributed by atoms with Crippen LogP contribution in [0.3, 0.4) is 0 Å². The zero-order valence-corrected chi connectivity index (χ0v) is 16.4. The lowest BCUT2D eigenvalue weighted by atomic mass is 9.88. The SMILES string of the molecule is Cc1c(C(=O)O)ccc(C2=NSC(C)(c3cc(Cl)cc(Cl)c3)C2)c1C. The predicted octanol–water partition coefficient (Wildman–Crippen LogP) is 6.06. The Bertz CT molecular complexity index is 890. The van der Waals surface area contributed by atoms with E-state index in [-0.39, 0.29) is 4.75 Å². The number of carbonyl (C=O) groups is 1. The van der Waals surface area contributed by atoms with Gasteiger partial charge in [-0.1, -0.05) is 29.3 Å². The molecule has 0 saturated carbocycles. The van der Waals surface area contributed by atoms with E-state index in [1.807, 2.05) is 32.0 Å². The standard InChI is InChI=1S/C19H17Cl2NO2S/c1-10-11(2)16(18(23)24)5-4-15(10)17-9-19(3,25-22-17)12-6-13(20)8-14(21)7-12/h4-8H,9H2,1-3H3,(H,23,24). The third kappa shape index (κ3) is 3.43. The van der Waals surface area contributed by atoms with Gasteiger partial charge in [0.25, 0.3) is 0 Å². The van der Waals surface area contributed by atoms with Gasteiger partial charge in [-0.3, -0.25) is 0 Å². The number of hydrogen-bond acceptors (Lipinski definition) is 3. The molecule has 2 aromatic carbocycles. The summed E-state index contributed by atoms with van der Waals surface area (Å²) < 4.78 is 4.42. The Hall–Kier alpha value is -1.49. The molecule has 3 nitrogen and oxygen atoms in total. The number of carboxylic acids is 1. The number of hydrogen-bond donors (Lipinski definition) is 1. The van der Waals surface area contributed by atoms with Crippen molar-refractivity contribution in [3.63, 3.8) is 0 Å². The van der Waals surface area contributed by atoms with Crippen molar-refractivity contribution in [2.45, 2.75) is 31.9 Å².